The number of rotatable bonds is 4. The molecule has 2 N–H and O–H groups in total. The molecule has 2 amide bonds. The van der Waals surface area contributed by atoms with Crippen molar-refractivity contribution in [1.29, 1.82) is 0 Å². The van der Waals surface area contributed by atoms with E-state index in [0.29, 0.717) is 5.76 Å². The van der Waals surface area contributed by atoms with Crippen LogP contribution in [0.3, 0.4) is 0 Å². The zero-order valence-electron chi connectivity index (χ0n) is 14.4. The normalized spacial score (nSPS) is 11.1. The van der Waals surface area contributed by atoms with Crippen molar-refractivity contribution in [3.8, 4) is 0 Å². The molecule has 0 spiro atoms. The Morgan fingerprint density at radius 1 is 0.964 bits per heavy atom. The molecule has 0 saturated carbocycles. The summed E-state index contributed by atoms with van der Waals surface area (Å²) in [6.45, 7) is 1.66. The number of aromatic nitrogens is 2. The molecule has 0 aliphatic carbocycles. The number of alkyl halides is 3. The van der Waals surface area contributed by atoms with E-state index in [1.54, 1.807) is 6.92 Å². The number of nitrogens with one attached hydrogen (secondary N) is 2. The van der Waals surface area contributed by atoms with Gasteiger partial charge in [-0.05, 0) is 37.3 Å². The molecule has 0 saturated heterocycles. The Balaban J connectivity index is 1.70. The van der Waals surface area contributed by atoms with Crippen LogP contribution in [0, 0.1) is 6.92 Å². The smallest absolute Gasteiger partial charge is 0.360 e. The Morgan fingerprint density at radius 2 is 1.57 bits per heavy atom. The third-order valence-corrected chi connectivity index (χ3v) is 3.60. The zero-order valence-corrected chi connectivity index (χ0v) is 14.4. The second-order valence-corrected chi connectivity index (χ2v) is 5.77. The molecule has 2 heterocycles. The predicted octanol–water partition coefficient (Wildman–Crippen LogP) is 3.90. The fourth-order valence-electron chi connectivity index (χ4n) is 2.25. The monoisotopic (exact) mass is 390 g/mol. The number of carbonyl (C=O) groups is 2. The highest BCUT2D eigenvalue weighted by atomic mass is 19.4. The molecule has 0 radical (unpaired) electrons. The Hall–Kier alpha value is -3.69. The first-order valence-electron chi connectivity index (χ1n) is 7.91. The summed E-state index contributed by atoms with van der Waals surface area (Å²) in [4.78, 5) is 28.4. The molecule has 3 aromatic rings. The fraction of sp³-hybridized carbons (Fsp3) is 0.111. The topological polar surface area (TPSA) is 97.1 Å². The molecule has 28 heavy (non-hydrogen) atoms. The van der Waals surface area contributed by atoms with E-state index in [9.17, 15) is 22.8 Å². The van der Waals surface area contributed by atoms with Crippen LogP contribution in [-0.2, 0) is 6.18 Å². The first kappa shape index (κ1) is 19.1. The van der Waals surface area contributed by atoms with Gasteiger partial charge in [0.25, 0.3) is 11.8 Å². The molecule has 10 heteroatoms. The van der Waals surface area contributed by atoms with Gasteiger partial charge in [-0.15, -0.1) is 0 Å². The molecule has 0 aliphatic heterocycles. The Bertz CT molecular complexity index is 1010. The molecule has 0 atom stereocenters. The minimum Gasteiger partial charge on any atom is -0.360 e. The molecular weight excluding hydrogens is 377 g/mol. The van der Waals surface area contributed by atoms with E-state index in [0.717, 1.165) is 24.3 Å². The number of pyridine rings is 1. The molecule has 0 aliphatic rings. The lowest BCUT2D eigenvalue weighted by atomic mass is 10.1. The van der Waals surface area contributed by atoms with Crippen LogP contribution in [0.4, 0.5) is 24.7 Å². The third-order valence-electron chi connectivity index (χ3n) is 3.60. The van der Waals surface area contributed by atoms with E-state index >= 15 is 0 Å². The van der Waals surface area contributed by atoms with Crippen LogP contribution in [0.5, 0.6) is 0 Å². The van der Waals surface area contributed by atoms with Gasteiger partial charge in [-0.3, -0.25) is 14.6 Å². The van der Waals surface area contributed by atoms with Gasteiger partial charge in [-0.1, -0.05) is 5.16 Å². The van der Waals surface area contributed by atoms with Gasteiger partial charge in [0.05, 0.1) is 16.7 Å². The highest BCUT2D eigenvalue weighted by Gasteiger charge is 2.30. The van der Waals surface area contributed by atoms with E-state index in [-0.39, 0.29) is 22.6 Å². The van der Waals surface area contributed by atoms with Crippen LogP contribution in [0.1, 0.15) is 32.0 Å². The van der Waals surface area contributed by atoms with E-state index in [2.05, 4.69) is 20.8 Å². The predicted molar refractivity (Wildman–Crippen MR) is 92.8 cm³/mol. The van der Waals surface area contributed by atoms with Crippen LogP contribution in [-0.4, -0.2) is 22.0 Å². The maximum Gasteiger partial charge on any atom is 0.416 e. The van der Waals surface area contributed by atoms with Crippen molar-refractivity contribution in [3.63, 3.8) is 0 Å². The molecule has 3 rings (SSSR count). The van der Waals surface area contributed by atoms with Gasteiger partial charge in [0.2, 0.25) is 0 Å². The Kier molecular flexibility index (Phi) is 5.12. The first-order valence-corrected chi connectivity index (χ1v) is 7.91. The van der Waals surface area contributed by atoms with Crippen LogP contribution in [0.15, 0.2) is 53.3 Å². The summed E-state index contributed by atoms with van der Waals surface area (Å²) in [7, 11) is 0. The van der Waals surface area contributed by atoms with Crippen LogP contribution in [0.25, 0.3) is 0 Å². The molecular formula is C18H13F3N4O3. The van der Waals surface area contributed by atoms with Gasteiger partial charge in [0.1, 0.15) is 5.76 Å². The standard InChI is InChI=1S/C18H13F3N4O3/c1-10-6-15(25-28-10)24-17(27)12-7-11(8-22-9-12)16(26)23-14-4-2-13(3-5-14)18(19,20)21/h2-9H,1H3,(H,23,26)(H,24,25,27). The summed E-state index contributed by atoms with van der Waals surface area (Å²) in [6, 6.07) is 6.81. The SMILES string of the molecule is Cc1cc(NC(=O)c2cncc(C(=O)Nc3ccc(C(F)(F)F)cc3)c2)no1. The van der Waals surface area contributed by atoms with E-state index in [1.165, 1.54) is 24.5 Å². The molecule has 7 nitrogen and oxygen atoms in total. The van der Waals surface area contributed by atoms with Gasteiger partial charge < -0.3 is 15.2 Å². The lowest BCUT2D eigenvalue weighted by Crippen LogP contribution is -2.16. The van der Waals surface area contributed by atoms with Gasteiger partial charge >= 0.3 is 6.18 Å². The maximum absolute atomic E-state index is 12.6. The lowest BCUT2D eigenvalue weighted by Gasteiger charge is -2.09. The number of halogens is 3. The molecule has 0 bridgehead atoms. The minimum atomic E-state index is -4.46. The third kappa shape index (κ3) is 4.53. The van der Waals surface area contributed by atoms with Crippen molar-refractivity contribution in [2.75, 3.05) is 10.6 Å². The average Bonchev–Trinajstić information content (AvgIpc) is 3.06. The second kappa shape index (κ2) is 7.51. The number of benzene rings is 1. The molecule has 1 aromatic carbocycles. The minimum absolute atomic E-state index is 0.0591. The average molecular weight is 390 g/mol. The van der Waals surface area contributed by atoms with Crippen molar-refractivity contribution >= 4 is 23.3 Å². The van der Waals surface area contributed by atoms with Gasteiger partial charge in [-0.25, -0.2) is 0 Å². The number of nitrogens with zero attached hydrogens (tertiary/aromatic N) is 2. The van der Waals surface area contributed by atoms with Crippen LogP contribution in [0.2, 0.25) is 0 Å². The van der Waals surface area contributed by atoms with Crippen molar-refractivity contribution < 1.29 is 27.3 Å². The molecule has 0 fully saturated rings. The number of hydrogen-bond donors (Lipinski definition) is 2. The van der Waals surface area contributed by atoms with Crippen LogP contribution >= 0.6 is 0 Å². The summed E-state index contributed by atoms with van der Waals surface area (Å²) in [6.07, 6.45) is -1.97. The zero-order chi connectivity index (χ0) is 20.3. The lowest BCUT2D eigenvalue weighted by molar-refractivity contribution is -0.137. The Morgan fingerprint density at radius 3 is 2.11 bits per heavy atom. The molecule has 0 unspecified atom stereocenters. The quantitative estimate of drug-likeness (QED) is 0.704. The summed E-state index contributed by atoms with van der Waals surface area (Å²) >= 11 is 0. The summed E-state index contributed by atoms with van der Waals surface area (Å²) in [5.74, 6) is -0.454. The highest BCUT2D eigenvalue weighted by molar-refractivity contribution is 6.08. The number of carbonyl (C=O) groups excluding carboxylic acids is 2. The van der Waals surface area contributed by atoms with E-state index < -0.39 is 23.6 Å². The van der Waals surface area contributed by atoms with E-state index in [1.807, 2.05) is 0 Å². The number of hydrogen-bond acceptors (Lipinski definition) is 5. The second-order valence-electron chi connectivity index (χ2n) is 5.77. The fourth-order valence-corrected chi connectivity index (χ4v) is 2.25. The largest absolute Gasteiger partial charge is 0.416 e. The van der Waals surface area contributed by atoms with Gasteiger partial charge in [0.15, 0.2) is 5.82 Å². The summed E-state index contributed by atoms with van der Waals surface area (Å²) in [5, 5.41) is 8.58. The van der Waals surface area contributed by atoms with Crippen molar-refractivity contribution in [3.05, 3.63) is 71.2 Å². The molecule has 144 valence electrons. The van der Waals surface area contributed by atoms with Crippen molar-refractivity contribution in [2.45, 2.75) is 13.1 Å². The van der Waals surface area contributed by atoms with E-state index in [4.69, 9.17) is 4.52 Å². The van der Waals surface area contributed by atoms with Gasteiger partial charge in [-0.2, -0.15) is 13.2 Å². The highest BCUT2D eigenvalue weighted by Crippen LogP contribution is 2.29. The maximum atomic E-state index is 12.6. The summed E-state index contributed by atoms with van der Waals surface area (Å²) < 4.78 is 42.6. The van der Waals surface area contributed by atoms with Crippen molar-refractivity contribution in [2.24, 2.45) is 0 Å². The number of aryl methyl sites for hydroxylation is 1. The van der Waals surface area contributed by atoms with Crippen molar-refractivity contribution in [1.82, 2.24) is 10.1 Å². The molecule has 2 aromatic heterocycles. The van der Waals surface area contributed by atoms with Crippen LogP contribution < -0.4 is 10.6 Å². The van der Waals surface area contributed by atoms with Gasteiger partial charge in [0, 0.05) is 24.1 Å². The first-order chi connectivity index (χ1) is 13.2. The number of anilines is 2. The summed E-state index contributed by atoms with van der Waals surface area (Å²) in [5.41, 5.74) is -0.496. The Labute approximate surface area is 156 Å². The number of amides is 2.